The van der Waals surface area contributed by atoms with Gasteiger partial charge in [0, 0.05) is 22.3 Å². The van der Waals surface area contributed by atoms with Crippen LogP contribution in [-0.4, -0.2) is 6.54 Å². The molecule has 0 bridgehead atoms. The monoisotopic (exact) mass is 331 g/mol. The summed E-state index contributed by atoms with van der Waals surface area (Å²) in [6.45, 7) is 3.29. The molecule has 1 nitrogen and oxygen atoms in total. The van der Waals surface area contributed by atoms with E-state index in [0.29, 0.717) is 0 Å². The number of hydrogen-bond acceptors (Lipinski definition) is 1. The van der Waals surface area contributed by atoms with E-state index in [1.165, 1.54) is 42.5 Å². The molecule has 20 heavy (non-hydrogen) atoms. The molecule has 0 spiro atoms. The van der Waals surface area contributed by atoms with Crippen molar-refractivity contribution >= 4 is 21.6 Å². The Bertz CT molecular complexity index is 536. The van der Waals surface area contributed by atoms with E-state index in [0.717, 1.165) is 11.0 Å². The normalized spacial score (nSPS) is 10.5. The zero-order valence-electron chi connectivity index (χ0n) is 12.0. The summed E-state index contributed by atoms with van der Waals surface area (Å²) >= 11 is 3.54. The van der Waals surface area contributed by atoms with Crippen LogP contribution in [0, 0.1) is 0 Å². The highest BCUT2D eigenvalue weighted by atomic mass is 79.9. The fourth-order valence-corrected chi connectivity index (χ4v) is 2.72. The third-order valence-corrected chi connectivity index (χ3v) is 3.90. The van der Waals surface area contributed by atoms with Crippen LogP contribution in [0.3, 0.4) is 0 Å². The maximum Gasteiger partial charge on any atom is 0.0419 e. The molecule has 0 aliphatic heterocycles. The molecule has 2 aromatic carbocycles. The van der Waals surface area contributed by atoms with Gasteiger partial charge in [-0.25, -0.2) is 0 Å². The van der Waals surface area contributed by atoms with Crippen LogP contribution in [0.4, 0.5) is 5.69 Å². The molecule has 0 amide bonds. The van der Waals surface area contributed by atoms with Crippen molar-refractivity contribution in [1.29, 1.82) is 0 Å². The second-order valence-corrected chi connectivity index (χ2v) is 5.96. The van der Waals surface area contributed by atoms with Gasteiger partial charge >= 0.3 is 0 Å². The third-order valence-electron chi connectivity index (χ3n) is 3.41. The Morgan fingerprint density at radius 3 is 2.60 bits per heavy atom. The molecule has 0 saturated carbocycles. The van der Waals surface area contributed by atoms with Gasteiger partial charge in [-0.2, -0.15) is 0 Å². The van der Waals surface area contributed by atoms with Crippen LogP contribution in [0.2, 0.25) is 0 Å². The molecule has 0 heterocycles. The van der Waals surface area contributed by atoms with Crippen LogP contribution in [0.1, 0.15) is 32.6 Å². The van der Waals surface area contributed by atoms with Gasteiger partial charge in [0.05, 0.1) is 0 Å². The Morgan fingerprint density at radius 2 is 1.80 bits per heavy atom. The van der Waals surface area contributed by atoms with Gasteiger partial charge in [0.15, 0.2) is 0 Å². The molecular formula is C18H22BrN. The van der Waals surface area contributed by atoms with Crippen molar-refractivity contribution in [3.63, 3.8) is 0 Å². The molecule has 2 aromatic rings. The fraction of sp³-hybridized carbons (Fsp3) is 0.333. The van der Waals surface area contributed by atoms with E-state index >= 15 is 0 Å². The molecule has 0 radical (unpaired) electrons. The van der Waals surface area contributed by atoms with Crippen molar-refractivity contribution in [1.82, 2.24) is 0 Å². The summed E-state index contributed by atoms with van der Waals surface area (Å²) < 4.78 is 1.12. The van der Waals surface area contributed by atoms with E-state index in [1.54, 1.807) is 0 Å². The van der Waals surface area contributed by atoms with Gasteiger partial charge in [-0.3, -0.25) is 0 Å². The predicted octanol–water partition coefficient (Wildman–Crippen LogP) is 6.11. The van der Waals surface area contributed by atoms with Crippen LogP contribution < -0.4 is 5.32 Å². The molecule has 106 valence electrons. The minimum atomic E-state index is 1.05. The van der Waals surface area contributed by atoms with Crippen LogP contribution >= 0.6 is 15.9 Å². The lowest BCUT2D eigenvalue weighted by atomic mass is 10.0. The standard InChI is InChI=1S/C18H22BrN/c1-2-3-4-7-13-20-18-12-6-5-11-17(18)15-9-8-10-16(19)14-15/h5-6,8-12,14,20H,2-4,7,13H2,1H3. The summed E-state index contributed by atoms with van der Waals surface area (Å²) in [4.78, 5) is 0. The average molecular weight is 332 g/mol. The minimum absolute atomic E-state index is 1.05. The van der Waals surface area contributed by atoms with Crippen molar-refractivity contribution in [3.05, 3.63) is 53.0 Å². The Balaban J connectivity index is 2.06. The van der Waals surface area contributed by atoms with E-state index in [-0.39, 0.29) is 0 Å². The Kier molecular flexibility index (Phi) is 6.13. The number of unbranched alkanes of at least 4 members (excludes halogenated alkanes) is 3. The Morgan fingerprint density at radius 1 is 0.950 bits per heavy atom. The van der Waals surface area contributed by atoms with Crippen molar-refractivity contribution in [3.8, 4) is 11.1 Å². The zero-order valence-corrected chi connectivity index (χ0v) is 13.6. The van der Waals surface area contributed by atoms with E-state index < -0.39 is 0 Å². The summed E-state index contributed by atoms with van der Waals surface area (Å²) in [6, 6.07) is 17.0. The van der Waals surface area contributed by atoms with Gasteiger partial charge in [-0.05, 0) is 30.2 Å². The van der Waals surface area contributed by atoms with Crippen LogP contribution in [0.15, 0.2) is 53.0 Å². The summed E-state index contributed by atoms with van der Waals surface area (Å²) in [7, 11) is 0. The highest BCUT2D eigenvalue weighted by Gasteiger charge is 2.04. The first-order chi connectivity index (χ1) is 9.81. The SMILES string of the molecule is CCCCCCNc1ccccc1-c1cccc(Br)c1. The molecule has 0 saturated heterocycles. The fourth-order valence-electron chi connectivity index (χ4n) is 2.32. The first-order valence-corrected chi connectivity index (χ1v) is 8.19. The first kappa shape index (κ1) is 15.1. The van der Waals surface area contributed by atoms with E-state index in [2.05, 4.69) is 76.7 Å². The molecule has 0 aromatic heterocycles. The smallest absolute Gasteiger partial charge is 0.0419 e. The van der Waals surface area contributed by atoms with Crippen LogP contribution in [-0.2, 0) is 0 Å². The second kappa shape index (κ2) is 8.11. The lowest BCUT2D eigenvalue weighted by Crippen LogP contribution is -2.02. The molecule has 0 aliphatic carbocycles. The highest BCUT2D eigenvalue weighted by molar-refractivity contribution is 9.10. The lowest BCUT2D eigenvalue weighted by molar-refractivity contribution is 0.685. The first-order valence-electron chi connectivity index (χ1n) is 7.40. The third kappa shape index (κ3) is 4.38. The topological polar surface area (TPSA) is 12.0 Å². The van der Waals surface area contributed by atoms with Crippen molar-refractivity contribution < 1.29 is 0 Å². The van der Waals surface area contributed by atoms with Crippen LogP contribution in [0.25, 0.3) is 11.1 Å². The average Bonchev–Trinajstić information content (AvgIpc) is 2.47. The Labute approximate surface area is 130 Å². The molecule has 0 aliphatic rings. The zero-order chi connectivity index (χ0) is 14.2. The van der Waals surface area contributed by atoms with E-state index in [9.17, 15) is 0 Å². The largest absolute Gasteiger partial charge is 0.385 e. The summed E-state index contributed by atoms with van der Waals surface area (Å²) in [5.74, 6) is 0. The van der Waals surface area contributed by atoms with Crippen molar-refractivity contribution in [2.24, 2.45) is 0 Å². The molecule has 0 atom stereocenters. The van der Waals surface area contributed by atoms with Gasteiger partial charge < -0.3 is 5.32 Å². The van der Waals surface area contributed by atoms with E-state index in [4.69, 9.17) is 0 Å². The molecule has 1 N–H and O–H groups in total. The summed E-state index contributed by atoms with van der Waals surface area (Å²) in [6.07, 6.45) is 5.16. The van der Waals surface area contributed by atoms with Gasteiger partial charge in [0.2, 0.25) is 0 Å². The lowest BCUT2D eigenvalue weighted by Gasteiger charge is -2.12. The second-order valence-electron chi connectivity index (χ2n) is 5.04. The maximum absolute atomic E-state index is 3.57. The number of para-hydroxylation sites is 1. The molecular weight excluding hydrogens is 310 g/mol. The number of nitrogens with one attached hydrogen (secondary N) is 1. The minimum Gasteiger partial charge on any atom is -0.385 e. The van der Waals surface area contributed by atoms with E-state index in [1.807, 2.05) is 0 Å². The summed E-state index contributed by atoms with van der Waals surface area (Å²) in [5, 5.41) is 3.57. The molecule has 2 heteroatoms. The Hall–Kier alpha value is -1.28. The van der Waals surface area contributed by atoms with Crippen molar-refractivity contribution in [2.75, 3.05) is 11.9 Å². The number of anilines is 1. The molecule has 2 rings (SSSR count). The maximum atomic E-state index is 3.57. The van der Waals surface area contributed by atoms with Crippen molar-refractivity contribution in [2.45, 2.75) is 32.6 Å². The summed E-state index contributed by atoms with van der Waals surface area (Å²) in [5.41, 5.74) is 3.74. The number of benzene rings is 2. The molecule has 0 fully saturated rings. The predicted molar refractivity (Wildman–Crippen MR) is 92.2 cm³/mol. The van der Waals surface area contributed by atoms with Gasteiger partial charge in [-0.1, -0.05) is 72.4 Å². The quantitative estimate of drug-likeness (QED) is 0.603. The van der Waals surface area contributed by atoms with Gasteiger partial charge in [0.25, 0.3) is 0 Å². The highest BCUT2D eigenvalue weighted by Crippen LogP contribution is 2.29. The number of rotatable bonds is 7. The van der Waals surface area contributed by atoms with Gasteiger partial charge in [-0.15, -0.1) is 0 Å². The molecule has 0 unspecified atom stereocenters. The number of halogens is 1. The number of hydrogen-bond donors (Lipinski definition) is 1. The van der Waals surface area contributed by atoms with Gasteiger partial charge in [0.1, 0.15) is 0 Å². The van der Waals surface area contributed by atoms with Crippen LogP contribution in [0.5, 0.6) is 0 Å².